The molecule has 0 unspecified atom stereocenters. The quantitative estimate of drug-likeness (QED) is 0.901. The van der Waals surface area contributed by atoms with Crippen LogP contribution in [0.25, 0.3) is 10.6 Å². The number of nitrogens with one attached hydrogen (secondary N) is 1. The Morgan fingerprint density at radius 1 is 1.40 bits per heavy atom. The van der Waals surface area contributed by atoms with Crippen LogP contribution in [0, 0.1) is 0 Å². The Kier molecular flexibility index (Phi) is 4.88. The minimum Gasteiger partial charge on any atom is -0.336 e. The van der Waals surface area contributed by atoms with Crippen molar-refractivity contribution >= 4 is 17.2 Å². The number of alkyl halides is 3. The van der Waals surface area contributed by atoms with E-state index >= 15 is 0 Å². The Balaban J connectivity index is 1.80. The number of hydrogen-bond acceptors (Lipinski definition) is 4. The van der Waals surface area contributed by atoms with Crippen LogP contribution in [0.2, 0.25) is 0 Å². The van der Waals surface area contributed by atoms with E-state index in [2.05, 4.69) is 10.4 Å². The molecule has 1 saturated heterocycles. The topological polar surface area (TPSA) is 50.2 Å². The Hall–Kier alpha value is -1.87. The molecule has 0 spiro atoms. The van der Waals surface area contributed by atoms with Crippen LogP contribution in [0.4, 0.5) is 13.2 Å². The van der Waals surface area contributed by atoms with Crippen molar-refractivity contribution < 1.29 is 18.0 Å². The molecule has 1 aliphatic heterocycles. The number of hydrogen-bond donors (Lipinski definition) is 1. The van der Waals surface area contributed by atoms with Gasteiger partial charge in [-0.2, -0.15) is 18.3 Å². The van der Waals surface area contributed by atoms with Gasteiger partial charge >= 0.3 is 6.18 Å². The lowest BCUT2D eigenvalue weighted by Gasteiger charge is -2.32. The number of carbonyl (C=O) groups is 1. The number of likely N-dealkylation sites (N-methyl/N-ethyl adjacent to an activating group) is 1. The van der Waals surface area contributed by atoms with Crippen LogP contribution in [0.5, 0.6) is 0 Å². The average molecular weight is 372 g/mol. The first-order chi connectivity index (χ1) is 11.8. The third-order valence-corrected chi connectivity index (χ3v) is 5.45. The Labute approximate surface area is 147 Å². The summed E-state index contributed by atoms with van der Waals surface area (Å²) in [5.74, 6) is -0.0804. The first-order valence-corrected chi connectivity index (χ1v) is 8.79. The number of piperidine rings is 1. The molecule has 136 valence electrons. The van der Waals surface area contributed by atoms with Crippen LogP contribution >= 0.6 is 11.3 Å². The van der Waals surface area contributed by atoms with Crippen molar-refractivity contribution in [1.82, 2.24) is 20.0 Å². The summed E-state index contributed by atoms with van der Waals surface area (Å²) in [5.41, 5.74) is -0.581. The Morgan fingerprint density at radius 3 is 2.80 bits per heavy atom. The van der Waals surface area contributed by atoms with E-state index in [0.29, 0.717) is 22.8 Å². The minimum absolute atomic E-state index is 0.0804. The fourth-order valence-corrected chi connectivity index (χ4v) is 3.93. The number of aromatic nitrogens is 2. The number of halogens is 3. The van der Waals surface area contributed by atoms with Gasteiger partial charge in [0, 0.05) is 26.2 Å². The van der Waals surface area contributed by atoms with Crippen LogP contribution < -0.4 is 5.32 Å². The van der Waals surface area contributed by atoms with E-state index < -0.39 is 11.9 Å². The van der Waals surface area contributed by atoms with Crippen molar-refractivity contribution in [3.8, 4) is 10.6 Å². The molecule has 0 saturated carbocycles. The first-order valence-electron chi connectivity index (χ1n) is 7.97. The molecule has 2 aromatic rings. The van der Waals surface area contributed by atoms with Gasteiger partial charge < -0.3 is 10.2 Å². The molecule has 0 radical (unpaired) electrons. The molecular formula is C16H19F3N4OS. The molecule has 2 aromatic heterocycles. The van der Waals surface area contributed by atoms with Gasteiger partial charge in [0.05, 0.1) is 9.75 Å². The zero-order valence-electron chi connectivity index (χ0n) is 13.9. The maximum atomic E-state index is 12.9. The average Bonchev–Trinajstić information content (AvgIpc) is 3.20. The second-order valence-electron chi connectivity index (χ2n) is 6.08. The van der Waals surface area contributed by atoms with Crippen LogP contribution in [0.3, 0.4) is 0 Å². The number of aryl methyl sites for hydroxylation is 1. The van der Waals surface area contributed by atoms with Gasteiger partial charge in [0.2, 0.25) is 0 Å². The number of amides is 1. The summed E-state index contributed by atoms with van der Waals surface area (Å²) in [6, 6.07) is 4.60. The molecule has 0 aromatic carbocycles. The molecule has 0 aliphatic carbocycles. The van der Waals surface area contributed by atoms with E-state index in [1.807, 2.05) is 7.05 Å². The Morgan fingerprint density at radius 2 is 2.16 bits per heavy atom. The molecule has 3 rings (SSSR count). The summed E-state index contributed by atoms with van der Waals surface area (Å²) in [6.45, 7) is 1.34. The third-order valence-electron chi connectivity index (χ3n) is 4.36. The SMILES string of the molecule is CN[C@@H]1CCCN(C(=O)c2ccc(-c3cc(C(F)(F)F)n(C)n3)s2)C1. The largest absolute Gasteiger partial charge is 0.433 e. The summed E-state index contributed by atoms with van der Waals surface area (Å²) < 4.78 is 39.5. The molecule has 1 atom stereocenters. The zero-order chi connectivity index (χ0) is 18.2. The molecule has 25 heavy (non-hydrogen) atoms. The van der Waals surface area contributed by atoms with Gasteiger partial charge in [-0.05, 0) is 38.1 Å². The zero-order valence-corrected chi connectivity index (χ0v) is 14.7. The van der Waals surface area contributed by atoms with E-state index in [1.165, 1.54) is 18.4 Å². The fraction of sp³-hybridized carbons (Fsp3) is 0.500. The van der Waals surface area contributed by atoms with Gasteiger partial charge in [0.25, 0.3) is 5.91 Å². The smallest absolute Gasteiger partial charge is 0.336 e. The van der Waals surface area contributed by atoms with Crippen molar-refractivity contribution in [3.63, 3.8) is 0 Å². The van der Waals surface area contributed by atoms with Crippen LogP contribution in [-0.2, 0) is 13.2 Å². The minimum atomic E-state index is -4.45. The highest BCUT2D eigenvalue weighted by Gasteiger charge is 2.35. The lowest BCUT2D eigenvalue weighted by atomic mass is 10.1. The molecule has 9 heteroatoms. The van der Waals surface area contributed by atoms with Crippen molar-refractivity contribution in [2.24, 2.45) is 7.05 Å². The van der Waals surface area contributed by atoms with Gasteiger partial charge in [-0.3, -0.25) is 9.48 Å². The maximum absolute atomic E-state index is 12.9. The standard InChI is InChI=1S/C16H19F3N4OS/c1-20-10-4-3-7-23(9-10)15(24)13-6-5-12(25-13)11-8-14(16(17,18)19)22(2)21-11/h5-6,8,10,20H,3-4,7,9H2,1-2H3/t10-/m1/s1. The predicted octanol–water partition coefficient (Wildman–Crippen LogP) is 2.99. The summed E-state index contributed by atoms with van der Waals surface area (Å²) in [5, 5.41) is 7.11. The van der Waals surface area contributed by atoms with Gasteiger partial charge in [-0.1, -0.05) is 0 Å². The first kappa shape index (κ1) is 17.9. The van der Waals surface area contributed by atoms with E-state index in [1.54, 1.807) is 17.0 Å². The molecule has 1 N–H and O–H groups in total. The second kappa shape index (κ2) is 6.80. The van der Waals surface area contributed by atoms with E-state index in [-0.39, 0.29) is 17.6 Å². The second-order valence-corrected chi connectivity index (χ2v) is 7.16. The van der Waals surface area contributed by atoms with Crippen molar-refractivity contribution in [1.29, 1.82) is 0 Å². The van der Waals surface area contributed by atoms with Crippen molar-refractivity contribution in [2.75, 3.05) is 20.1 Å². The molecule has 1 fully saturated rings. The lowest BCUT2D eigenvalue weighted by Crippen LogP contribution is -2.46. The van der Waals surface area contributed by atoms with E-state index in [4.69, 9.17) is 0 Å². The van der Waals surface area contributed by atoms with Gasteiger partial charge in [0.15, 0.2) is 0 Å². The van der Waals surface area contributed by atoms with Crippen LogP contribution in [0.15, 0.2) is 18.2 Å². The van der Waals surface area contributed by atoms with Crippen molar-refractivity contribution in [2.45, 2.75) is 25.1 Å². The van der Waals surface area contributed by atoms with Gasteiger partial charge in [-0.25, -0.2) is 0 Å². The van der Waals surface area contributed by atoms with Crippen molar-refractivity contribution in [3.05, 3.63) is 28.8 Å². The fourth-order valence-electron chi connectivity index (χ4n) is 3.00. The number of nitrogens with zero attached hydrogens (tertiary/aromatic N) is 3. The normalized spacial score (nSPS) is 18.6. The highest BCUT2D eigenvalue weighted by molar-refractivity contribution is 7.17. The van der Waals surface area contributed by atoms with Crippen LogP contribution in [-0.4, -0.2) is 46.8 Å². The molecular weight excluding hydrogens is 353 g/mol. The predicted molar refractivity (Wildman–Crippen MR) is 89.5 cm³/mol. The monoisotopic (exact) mass is 372 g/mol. The van der Waals surface area contributed by atoms with E-state index in [9.17, 15) is 18.0 Å². The van der Waals surface area contributed by atoms with Gasteiger partial charge in [-0.15, -0.1) is 11.3 Å². The maximum Gasteiger partial charge on any atom is 0.433 e. The highest BCUT2D eigenvalue weighted by Crippen LogP contribution is 2.34. The number of thiophene rings is 1. The molecule has 1 amide bonds. The van der Waals surface area contributed by atoms with Gasteiger partial charge in [0.1, 0.15) is 11.4 Å². The third kappa shape index (κ3) is 3.72. The molecule has 3 heterocycles. The highest BCUT2D eigenvalue weighted by atomic mass is 32.1. The summed E-state index contributed by atoms with van der Waals surface area (Å²) in [7, 11) is 3.14. The molecule has 0 bridgehead atoms. The summed E-state index contributed by atoms with van der Waals surface area (Å²) in [6.07, 6.45) is -2.49. The molecule has 1 aliphatic rings. The lowest BCUT2D eigenvalue weighted by molar-refractivity contribution is -0.143. The van der Waals surface area contributed by atoms with E-state index in [0.717, 1.165) is 23.6 Å². The molecule has 5 nitrogen and oxygen atoms in total. The summed E-state index contributed by atoms with van der Waals surface area (Å²) in [4.78, 5) is 15.5. The number of rotatable bonds is 3. The van der Waals surface area contributed by atoms with Crippen LogP contribution in [0.1, 0.15) is 28.2 Å². The number of carbonyl (C=O) groups excluding carboxylic acids is 1. The number of likely N-dealkylation sites (tertiary alicyclic amines) is 1. The Bertz CT molecular complexity index is 768. The summed E-state index contributed by atoms with van der Waals surface area (Å²) >= 11 is 1.17.